The number of hydrogen-bond donors (Lipinski definition) is 0. The predicted octanol–water partition coefficient (Wildman–Crippen LogP) is 2.64. The van der Waals surface area contributed by atoms with Gasteiger partial charge in [0.25, 0.3) is 0 Å². The number of ether oxygens (including phenoxy) is 2. The molecule has 0 saturated heterocycles. The van der Waals surface area contributed by atoms with E-state index < -0.39 is 5.79 Å². The quantitative estimate of drug-likeness (QED) is 0.428. The van der Waals surface area contributed by atoms with Gasteiger partial charge in [-0.2, -0.15) is 0 Å². The van der Waals surface area contributed by atoms with Crippen molar-refractivity contribution in [2.75, 3.05) is 13.2 Å². The Kier molecular flexibility index (Phi) is 5.32. The molecule has 0 spiro atoms. The normalized spacial score (nSPS) is 15.3. The summed E-state index contributed by atoms with van der Waals surface area (Å²) in [6, 6.07) is 10.2. The molecule has 1 atom stereocenters. The van der Waals surface area contributed by atoms with Gasteiger partial charge in [0.05, 0.1) is 0 Å². The van der Waals surface area contributed by atoms with Crippen LogP contribution in [0, 0.1) is 0 Å². The van der Waals surface area contributed by atoms with Crippen LogP contribution >= 0.6 is 0 Å². The van der Waals surface area contributed by atoms with Gasteiger partial charge >= 0.3 is 0 Å². The van der Waals surface area contributed by atoms with Crippen LogP contribution in [0.1, 0.15) is 26.3 Å². The molecule has 0 aromatic heterocycles. The molecule has 1 aromatic carbocycles. The molecule has 1 unspecified atom stereocenters. The first-order chi connectivity index (χ1) is 8.54. The van der Waals surface area contributed by atoms with E-state index in [1.54, 1.807) is 0 Å². The van der Waals surface area contributed by atoms with E-state index in [0.29, 0.717) is 13.2 Å². The average molecular weight is 264 g/mol. The molecule has 0 N–H and O–H groups in total. The van der Waals surface area contributed by atoms with Crippen molar-refractivity contribution < 1.29 is 9.47 Å². The van der Waals surface area contributed by atoms with Crippen molar-refractivity contribution in [3.05, 3.63) is 48.6 Å². The molecular weight excluding hydrogens is 240 g/mol. The van der Waals surface area contributed by atoms with Gasteiger partial charge in [-0.3, -0.25) is 0 Å². The third kappa shape index (κ3) is 2.74. The van der Waals surface area contributed by atoms with Gasteiger partial charge in [0.1, 0.15) is 0 Å². The number of benzene rings is 1. The van der Waals surface area contributed by atoms with Crippen LogP contribution in [0.25, 0.3) is 0 Å². The molecule has 100 valence electrons. The second-order valence-corrected chi connectivity index (χ2v) is 6.85. The Labute approximate surface area is 113 Å². The van der Waals surface area contributed by atoms with Gasteiger partial charge in [0.15, 0.2) is 5.79 Å². The molecule has 2 nitrogen and oxygen atoms in total. The summed E-state index contributed by atoms with van der Waals surface area (Å²) >= 11 is 0. The van der Waals surface area contributed by atoms with Crippen molar-refractivity contribution in [2.45, 2.75) is 31.6 Å². The van der Waals surface area contributed by atoms with E-state index in [4.69, 9.17) is 9.47 Å². The van der Waals surface area contributed by atoms with Crippen molar-refractivity contribution in [1.29, 1.82) is 0 Å². The zero-order chi connectivity index (χ0) is 13.6. The first-order valence-corrected chi connectivity index (χ1v) is 7.51. The minimum absolute atomic E-state index is 0.180. The predicted molar refractivity (Wildman–Crippen MR) is 79.9 cm³/mol. The fourth-order valence-electron chi connectivity index (χ4n) is 2.15. The van der Waals surface area contributed by atoms with E-state index >= 15 is 0 Å². The Morgan fingerprint density at radius 3 is 2.06 bits per heavy atom. The highest BCUT2D eigenvalue weighted by atomic mass is 28.1. The van der Waals surface area contributed by atoms with E-state index in [-0.39, 0.29) is 5.04 Å². The molecule has 0 aliphatic rings. The molecule has 0 heterocycles. The molecule has 1 rings (SSSR count). The standard InChI is InChI=1S/C15H24O2Si/c1-5-14(4,18)15(16-6-2,17-7-3)13-11-9-8-10-12-13/h5,8-12H,1,6-7H2,2-4,18H3. The van der Waals surface area contributed by atoms with Crippen LogP contribution in [-0.4, -0.2) is 23.5 Å². The third-order valence-corrected chi connectivity index (χ3v) is 4.27. The van der Waals surface area contributed by atoms with Crippen molar-refractivity contribution >= 4 is 10.2 Å². The van der Waals surface area contributed by atoms with Crippen molar-refractivity contribution in [1.82, 2.24) is 0 Å². The highest BCUT2D eigenvalue weighted by Gasteiger charge is 2.46. The van der Waals surface area contributed by atoms with Crippen LogP contribution in [0.2, 0.25) is 5.04 Å². The van der Waals surface area contributed by atoms with Crippen LogP contribution in [0.3, 0.4) is 0 Å². The minimum Gasteiger partial charge on any atom is -0.346 e. The second-order valence-electron chi connectivity index (χ2n) is 4.77. The van der Waals surface area contributed by atoms with Gasteiger partial charge in [0.2, 0.25) is 0 Å². The van der Waals surface area contributed by atoms with Gasteiger partial charge in [-0.1, -0.05) is 43.3 Å². The lowest BCUT2D eigenvalue weighted by atomic mass is 9.91. The highest BCUT2D eigenvalue weighted by Crippen LogP contribution is 2.48. The van der Waals surface area contributed by atoms with Crippen molar-refractivity contribution in [3.63, 3.8) is 0 Å². The summed E-state index contributed by atoms with van der Waals surface area (Å²) in [7, 11) is 0.901. The van der Waals surface area contributed by atoms with Crippen LogP contribution in [-0.2, 0) is 15.3 Å². The first kappa shape index (κ1) is 15.2. The maximum Gasteiger partial charge on any atom is 0.200 e. The zero-order valence-electron chi connectivity index (χ0n) is 11.9. The molecule has 18 heavy (non-hydrogen) atoms. The van der Waals surface area contributed by atoms with Gasteiger partial charge in [-0.15, -0.1) is 6.58 Å². The highest BCUT2D eigenvalue weighted by molar-refractivity contribution is 6.17. The number of rotatable bonds is 7. The third-order valence-electron chi connectivity index (χ3n) is 3.21. The SMILES string of the molecule is C=CC(C)([SiH3])C(OCC)(OCC)c1ccccc1. The summed E-state index contributed by atoms with van der Waals surface area (Å²) < 4.78 is 12.1. The lowest BCUT2D eigenvalue weighted by Crippen LogP contribution is -2.43. The lowest BCUT2D eigenvalue weighted by molar-refractivity contribution is -0.257. The summed E-state index contributed by atoms with van der Waals surface area (Å²) in [5.74, 6) is -0.717. The van der Waals surface area contributed by atoms with E-state index in [1.807, 2.05) is 38.1 Å². The van der Waals surface area contributed by atoms with Crippen LogP contribution in [0.4, 0.5) is 0 Å². The Hall–Kier alpha value is -0.903. The Morgan fingerprint density at radius 2 is 1.67 bits per heavy atom. The zero-order valence-corrected chi connectivity index (χ0v) is 13.9. The Bertz CT molecular complexity index is 367. The molecule has 0 saturated carbocycles. The largest absolute Gasteiger partial charge is 0.346 e. The van der Waals surface area contributed by atoms with E-state index in [1.165, 1.54) is 0 Å². The van der Waals surface area contributed by atoms with Crippen molar-refractivity contribution in [2.24, 2.45) is 0 Å². The maximum atomic E-state index is 6.05. The molecule has 0 fully saturated rings. The van der Waals surface area contributed by atoms with Crippen LogP contribution < -0.4 is 0 Å². The fourth-order valence-corrected chi connectivity index (χ4v) is 2.73. The Morgan fingerprint density at radius 1 is 1.17 bits per heavy atom. The smallest absolute Gasteiger partial charge is 0.200 e. The first-order valence-electron chi connectivity index (χ1n) is 6.51. The minimum atomic E-state index is -0.717. The molecule has 3 heteroatoms. The van der Waals surface area contributed by atoms with E-state index in [9.17, 15) is 0 Å². The summed E-state index contributed by atoms with van der Waals surface area (Å²) in [5, 5.41) is -0.180. The maximum absolute atomic E-state index is 6.05. The van der Waals surface area contributed by atoms with Crippen molar-refractivity contribution in [3.8, 4) is 0 Å². The molecular formula is C15H24O2Si. The molecule has 0 aliphatic heterocycles. The molecule has 1 aromatic rings. The lowest BCUT2D eigenvalue weighted by Gasteiger charge is -2.44. The van der Waals surface area contributed by atoms with Crippen LogP contribution in [0.15, 0.2) is 43.0 Å². The van der Waals surface area contributed by atoms with Gasteiger partial charge in [-0.25, -0.2) is 0 Å². The molecule has 0 bridgehead atoms. The summed E-state index contributed by atoms with van der Waals surface area (Å²) in [5.41, 5.74) is 1.06. The van der Waals surface area contributed by atoms with E-state index in [2.05, 4.69) is 25.6 Å². The van der Waals surface area contributed by atoms with Gasteiger partial charge < -0.3 is 9.47 Å². The Balaban J connectivity index is 3.34. The molecule has 0 amide bonds. The molecule has 0 radical (unpaired) electrons. The topological polar surface area (TPSA) is 18.5 Å². The van der Waals surface area contributed by atoms with Gasteiger partial charge in [0, 0.05) is 34.1 Å². The number of hydrogen-bond acceptors (Lipinski definition) is 2. The van der Waals surface area contributed by atoms with Gasteiger partial charge in [-0.05, 0) is 13.8 Å². The van der Waals surface area contributed by atoms with Crippen LogP contribution in [0.5, 0.6) is 0 Å². The monoisotopic (exact) mass is 264 g/mol. The second kappa shape index (κ2) is 6.32. The summed E-state index contributed by atoms with van der Waals surface area (Å²) in [4.78, 5) is 0. The fraction of sp³-hybridized carbons (Fsp3) is 0.467. The van der Waals surface area contributed by atoms with E-state index in [0.717, 1.165) is 15.8 Å². The molecule has 0 aliphatic carbocycles. The summed E-state index contributed by atoms with van der Waals surface area (Å²) in [6.45, 7) is 11.3. The summed E-state index contributed by atoms with van der Waals surface area (Å²) in [6.07, 6.45) is 1.96. The average Bonchev–Trinajstić information content (AvgIpc) is 2.39.